The summed E-state index contributed by atoms with van der Waals surface area (Å²) in [6.45, 7) is 2.13. The maximum Gasteiger partial charge on any atom is 0.153 e. The summed E-state index contributed by atoms with van der Waals surface area (Å²) in [4.78, 5) is 20.1. The predicted octanol–water partition coefficient (Wildman–Crippen LogP) is 5.66. The van der Waals surface area contributed by atoms with E-state index in [0.29, 0.717) is 17.0 Å². The lowest BCUT2D eigenvalue weighted by atomic mass is 9.94. The van der Waals surface area contributed by atoms with E-state index in [1.54, 1.807) is 12.3 Å². The zero-order chi connectivity index (χ0) is 18.8. The van der Waals surface area contributed by atoms with E-state index in [1.807, 2.05) is 18.2 Å². The minimum absolute atomic E-state index is 0.392. The SMILES string of the molecule is Cc1c(Cc2nccc3c(Cl)c(C=O)cnc23)cccc1-c1ccccc1. The van der Waals surface area contributed by atoms with Crippen molar-refractivity contribution < 1.29 is 4.79 Å². The first kappa shape index (κ1) is 17.4. The van der Waals surface area contributed by atoms with Gasteiger partial charge < -0.3 is 0 Å². The Morgan fingerprint density at radius 1 is 1.00 bits per heavy atom. The average molecular weight is 373 g/mol. The topological polar surface area (TPSA) is 42.9 Å². The highest BCUT2D eigenvalue weighted by Gasteiger charge is 2.13. The molecule has 4 rings (SSSR count). The van der Waals surface area contributed by atoms with Gasteiger partial charge in [-0.15, -0.1) is 0 Å². The van der Waals surface area contributed by atoms with Crippen LogP contribution in [0.15, 0.2) is 67.0 Å². The summed E-state index contributed by atoms with van der Waals surface area (Å²) >= 11 is 6.35. The number of aldehydes is 1. The maximum atomic E-state index is 11.1. The monoisotopic (exact) mass is 372 g/mol. The normalized spacial score (nSPS) is 10.9. The molecule has 2 heterocycles. The molecular weight excluding hydrogens is 356 g/mol. The number of hydrogen-bond donors (Lipinski definition) is 0. The van der Waals surface area contributed by atoms with Crippen molar-refractivity contribution in [2.75, 3.05) is 0 Å². The van der Waals surface area contributed by atoms with E-state index in [4.69, 9.17) is 11.6 Å². The molecule has 27 heavy (non-hydrogen) atoms. The van der Waals surface area contributed by atoms with Gasteiger partial charge in [-0.2, -0.15) is 0 Å². The van der Waals surface area contributed by atoms with E-state index in [2.05, 4.69) is 47.2 Å². The third-order valence-electron chi connectivity index (χ3n) is 4.84. The van der Waals surface area contributed by atoms with Crippen LogP contribution in [-0.4, -0.2) is 16.3 Å². The van der Waals surface area contributed by atoms with E-state index in [0.717, 1.165) is 22.9 Å². The Labute approximate surface area is 162 Å². The molecule has 0 unspecified atom stereocenters. The van der Waals surface area contributed by atoms with Crippen LogP contribution in [0, 0.1) is 6.92 Å². The molecule has 0 bridgehead atoms. The van der Waals surface area contributed by atoms with Crippen LogP contribution in [0.2, 0.25) is 5.02 Å². The van der Waals surface area contributed by atoms with Gasteiger partial charge >= 0.3 is 0 Å². The molecule has 3 nitrogen and oxygen atoms in total. The van der Waals surface area contributed by atoms with Crippen molar-refractivity contribution in [3.8, 4) is 11.1 Å². The number of carbonyl (C=O) groups excluding carboxylic acids is 1. The second-order valence-corrected chi connectivity index (χ2v) is 6.81. The fourth-order valence-electron chi connectivity index (χ4n) is 3.36. The third-order valence-corrected chi connectivity index (χ3v) is 5.26. The van der Waals surface area contributed by atoms with Gasteiger partial charge in [0.05, 0.1) is 21.8 Å². The van der Waals surface area contributed by atoms with Gasteiger partial charge in [0, 0.05) is 24.2 Å². The number of benzene rings is 2. The first-order valence-corrected chi connectivity index (χ1v) is 9.08. The maximum absolute atomic E-state index is 11.1. The zero-order valence-electron chi connectivity index (χ0n) is 14.8. The van der Waals surface area contributed by atoms with Crippen LogP contribution in [0.5, 0.6) is 0 Å². The number of fused-ring (bicyclic) bond motifs is 1. The zero-order valence-corrected chi connectivity index (χ0v) is 15.6. The Morgan fingerprint density at radius 2 is 1.81 bits per heavy atom. The lowest BCUT2D eigenvalue weighted by Crippen LogP contribution is -2.00. The van der Waals surface area contributed by atoms with E-state index in [9.17, 15) is 4.79 Å². The standard InChI is InChI=1S/C23H17ClN2O/c1-15-17(8-5-9-19(15)16-6-3-2-4-7-16)12-21-23-20(10-11-25-21)22(24)18(14-27)13-26-23/h2-11,13-14H,12H2,1H3. The second kappa shape index (κ2) is 7.29. The van der Waals surface area contributed by atoms with Gasteiger partial charge in [-0.05, 0) is 35.2 Å². The molecule has 0 spiro atoms. The third kappa shape index (κ3) is 3.22. The minimum Gasteiger partial charge on any atom is -0.298 e. The number of nitrogens with zero attached hydrogens (tertiary/aromatic N) is 2. The van der Waals surface area contributed by atoms with Crippen molar-refractivity contribution in [3.05, 3.63) is 94.4 Å². The molecular formula is C23H17ClN2O. The summed E-state index contributed by atoms with van der Waals surface area (Å²) in [6.07, 6.45) is 4.60. The van der Waals surface area contributed by atoms with Crippen molar-refractivity contribution >= 4 is 28.8 Å². The average Bonchev–Trinajstić information content (AvgIpc) is 2.71. The highest BCUT2D eigenvalue weighted by molar-refractivity contribution is 6.37. The molecule has 0 aliphatic carbocycles. The highest BCUT2D eigenvalue weighted by Crippen LogP contribution is 2.30. The predicted molar refractivity (Wildman–Crippen MR) is 109 cm³/mol. The molecule has 0 N–H and O–H groups in total. The molecule has 4 aromatic rings. The summed E-state index contributed by atoms with van der Waals surface area (Å²) in [6, 6.07) is 18.5. The second-order valence-electron chi connectivity index (χ2n) is 6.43. The van der Waals surface area contributed by atoms with Gasteiger partial charge in [0.25, 0.3) is 0 Å². The summed E-state index contributed by atoms with van der Waals surface area (Å²) in [5.41, 5.74) is 6.79. The lowest BCUT2D eigenvalue weighted by molar-refractivity contribution is 0.112. The van der Waals surface area contributed by atoms with Crippen LogP contribution >= 0.6 is 11.6 Å². The number of carbonyl (C=O) groups is 1. The number of halogens is 1. The number of pyridine rings is 2. The summed E-state index contributed by atoms with van der Waals surface area (Å²) in [5, 5.41) is 1.18. The first-order valence-electron chi connectivity index (χ1n) is 8.70. The van der Waals surface area contributed by atoms with Gasteiger partial charge in [0.1, 0.15) is 0 Å². The fraction of sp³-hybridized carbons (Fsp3) is 0.0870. The summed E-state index contributed by atoms with van der Waals surface area (Å²) in [5.74, 6) is 0. The molecule has 132 valence electrons. The highest BCUT2D eigenvalue weighted by atomic mass is 35.5. The molecule has 0 aliphatic heterocycles. The van der Waals surface area contributed by atoms with Crippen molar-refractivity contribution in [3.63, 3.8) is 0 Å². The van der Waals surface area contributed by atoms with E-state index < -0.39 is 0 Å². The Morgan fingerprint density at radius 3 is 2.59 bits per heavy atom. The van der Waals surface area contributed by atoms with Crippen LogP contribution in [0.4, 0.5) is 0 Å². The van der Waals surface area contributed by atoms with Gasteiger partial charge in [-0.25, -0.2) is 0 Å². The molecule has 4 heteroatoms. The van der Waals surface area contributed by atoms with E-state index >= 15 is 0 Å². The van der Waals surface area contributed by atoms with E-state index in [1.165, 1.54) is 28.5 Å². The van der Waals surface area contributed by atoms with Crippen molar-refractivity contribution in [1.82, 2.24) is 9.97 Å². The van der Waals surface area contributed by atoms with E-state index in [-0.39, 0.29) is 0 Å². The molecule has 0 aliphatic rings. The molecule has 0 amide bonds. The van der Waals surface area contributed by atoms with Gasteiger partial charge in [0.15, 0.2) is 6.29 Å². The molecule has 0 fully saturated rings. The fourth-order valence-corrected chi connectivity index (χ4v) is 3.61. The number of aromatic nitrogens is 2. The Hall–Kier alpha value is -3.04. The molecule has 2 aromatic heterocycles. The molecule has 0 radical (unpaired) electrons. The molecule has 0 atom stereocenters. The van der Waals surface area contributed by atoms with Crippen LogP contribution in [0.1, 0.15) is 27.2 Å². The van der Waals surface area contributed by atoms with Crippen LogP contribution in [0.25, 0.3) is 22.0 Å². The molecule has 0 saturated carbocycles. The number of hydrogen-bond acceptors (Lipinski definition) is 3. The Bertz CT molecular complexity index is 1140. The first-order chi connectivity index (χ1) is 13.2. The van der Waals surface area contributed by atoms with Gasteiger partial charge in [-0.3, -0.25) is 14.8 Å². The van der Waals surface area contributed by atoms with Crippen molar-refractivity contribution in [1.29, 1.82) is 0 Å². The lowest BCUT2D eigenvalue weighted by Gasteiger charge is -2.13. The van der Waals surface area contributed by atoms with Crippen LogP contribution < -0.4 is 0 Å². The van der Waals surface area contributed by atoms with Gasteiger partial charge in [0.2, 0.25) is 0 Å². The minimum atomic E-state index is 0.392. The van der Waals surface area contributed by atoms with Crippen LogP contribution in [0.3, 0.4) is 0 Å². The van der Waals surface area contributed by atoms with Crippen molar-refractivity contribution in [2.45, 2.75) is 13.3 Å². The molecule has 2 aromatic carbocycles. The smallest absolute Gasteiger partial charge is 0.153 e. The largest absolute Gasteiger partial charge is 0.298 e. The Balaban J connectivity index is 1.80. The van der Waals surface area contributed by atoms with Crippen LogP contribution in [-0.2, 0) is 6.42 Å². The quantitative estimate of drug-likeness (QED) is 0.434. The summed E-state index contributed by atoms with van der Waals surface area (Å²) < 4.78 is 0. The number of rotatable bonds is 4. The Kier molecular flexibility index (Phi) is 4.69. The molecule has 0 saturated heterocycles. The van der Waals surface area contributed by atoms with Crippen molar-refractivity contribution in [2.24, 2.45) is 0 Å². The summed E-state index contributed by atoms with van der Waals surface area (Å²) in [7, 11) is 0. The van der Waals surface area contributed by atoms with Gasteiger partial charge in [-0.1, -0.05) is 60.1 Å².